The van der Waals surface area contributed by atoms with Gasteiger partial charge in [-0.3, -0.25) is 0 Å². The van der Waals surface area contributed by atoms with E-state index in [0.29, 0.717) is 0 Å². The summed E-state index contributed by atoms with van der Waals surface area (Å²) in [7, 11) is 0. The van der Waals surface area contributed by atoms with Crippen LogP contribution in [0.25, 0.3) is 0 Å². The molecular formula is C12H14INS. The van der Waals surface area contributed by atoms with Crippen LogP contribution in [0.1, 0.15) is 25.7 Å². The highest BCUT2D eigenvalue weighted by molar-refractivity contribution is 14.1. The van der Waals surface area contributed by atoms with Crippen LogP contribution in [0.15, 0.2) is 29.2 Å². The monoisotopic (exact) mass is 331 g/mol. The van der Waals surface area contributed by atoms with Crippen molar-refractivity contribution in [2.45, 2.75) is 41.9 Å². The first-order valence-electron chi connectivity index (χ1n) is 5.57. The summed E-state index contributed by atoms with van der Waals surface area (Å²) in [6, 6.07) is 9.57. The minimum atomic E-state index is 0.763. The van der Waals surface area contributed by atoms with E-state index in [1.807, 2.05) is 0 Å². The van der Waals surface area contributed by atoms with Crippen LogP contribution in [0.5, 0.6) is 0 Å². The fourth-order valence-electron chi connectivity index (χ4n) is 2.55. The molecule has 1 fully saturated rings. The number of para-hydroxylation sites is 1. The van der Waals surface area contributed by atoms with Gasteiger partial charge in [0.2, 0.25) is 0 Å². The molecule has 0 amide bonds. The van der Waals surface area contributed by atoms with Crippen molar-refractivity contribution in [2.24, 2.45) is 0 Å². The van der Waals surface area contributed by atoms with Crippen molar-refractivity contribution in [1.82, 2.24) is 0 Å². The summed E-state index contributed by atoms with van der Waals surface area (Å²) in [5.74, 6) is 0. The summed E-state index contributed by atoms with van der Waals surface area (Å²) < 4.78 is 2.48. The van der Waals surface area contributed by atoms with Gasteiger partial charge in [-0.2, -0.15) is 0 Å². The first kappa shape index (κ1) is 10.3. The Morgan fingerprint density at radius 1 is 1.20 bits per heavy atom. The zero-order valence-electron chi connectivity index (χ0n) is 8.53. The lowest BCUT2D eigenvalue weighted by Crippen LogP contribution is -2.41. The lowest BCUT2D eigenvalue weighted by Gasteiger charge is -2.42. The summed E-state index contributed by atoms with van der Waals surface area (Å²) in [6.07, 6.45) is 5.59. The lowest BCUT2D eigenvalue weighted by molar-refractivity contribution is 0.458. The minimum absolute atomic E-state index is 0.763. The van der Waals surface area contributed by atoms with Crippen LogP contribution in [0.3, 0.4) is 0 Å². The van der Waals surface area contributed by atoms with Gasteiger partial charge in [-0.05, 0) is 25.0 Å². The average Bonchev–Trinajstić information content (AvgIpc) is 2.30. The van der Waals surface area contributed by atoms with E-state index in [1.54, 1.807) is 0 Å². The summed E-state index contributed by atoms with van der Waals surface area (Å²) >= 11 is 4.60. The topological polar surface area (TPSA) is 3.24 Å². The molecule has 1 aliphatic carbocycles. The Balaban J connectivity index is 1.98. The largest absolute Gasteiger partial charge is 0.309 e. The smallest absolute Gasteiger partial charge is 0.0596 e. The van der Waals surface area contributed by atoms with Gasteiger partial charge >= 0.3 is 0 Å². The molecule has 15 heavy (non-hydrogen) atoms. The summed E-state index contributed by atoms with van der Waals surface area (Å²) in [4.78, 5) is 1.47. The summed E-state index contributed by atoms with van der Waals surface area (Å²) in [6.45, 7) is 0. The molecule has 1 aromatic carbocycles. The van der Waals surface area contributed by atoms with E-state index in [-0.39, 0.29) is 0 Å². The first-order chi connectivity index (χ1) is 7.36. The third kappa shape index (κ3) is 1.78. The molecule has 2 aliphatic rings. The second kappa shape index (κ2) is 4.17. The van der Waals surface area contributed by atoms with Crippen molar-refractivity contribution in [1.29, 1.82) is 0 Å². The van der Waals surface area contributed by atoms with Crippen LogP contribution in [-0.4, -0.2) is 11.3 Å². The molecule has 2 unspecified atom stereocenters. The molecule has 1 aliphatic heterocycles. The highest BCUT2D eigenvalue weighted by Crippen LogP contribution is 2.47. The number of fused-ring (bicyclic) bond motifs is 2. The maximum atomic E-state index is 2.50. The lowest BCUT2D eigenvalue weighted by atomic mass is 9.94. The molecule has 1 heterocycles. The Labute approximate surface area is 109 Å². The Kier molecular flexibility index (Phi) is 2.85. The quantitative estimate of drug-likeness (QED) is 0.516. The van der Waals surface area contributed by atoms with Crippen molar-refractivity contribution >= 4 is 40.3 Å². The summed E-state index contributed by atoms with van der Waals surface area (Å²) in [5, 5.41) is 0.825. The maximum Gasteiger partial charge on any atom is 0.0596 e. The molecule has 0 N–H and O–H groups in total. The van der Waals surface area contributed by atoms with Gasteiger partial charge in [0.1, 0.15) is 0 Å². The van der Waals surface area contributed by atoms with Gasteiger partial charge in [0.15, 0.2) is 0 Å². The van der Waals surface area contributed by atoms with Crippen LogP contribution in [0, 0.1) is 0 Å². The van der Waals surface area contributed by atoms with Gasteiger partial charge < -0.3 is 3.11 Å². The third-order valence-electron chi connectivity index (χ3n) is 3.33. The number of hydrogen-bond donors (Lipinski definition) is 0. The van der Waals surface area contributed by atoms with Crippen LogP contribution < -0.4 is 3.11 Å². The first-order valence-corrected chi connectivity index (χ1v) is 7.41. The van der Waals surface area contributed by atoms with E-state index < -0.39 is 0 Å². The maximum absolute atomic E-state index is 2.50. The molecule has 0 bridgehead atoms. The molecule has 3 heteroatoms. The van der Waals surface area contributed by atoms with Crippen LogP contribution >= 0.6 is 34.6 Å². The molecule has 1 saturated carbocycles. The zero-order valence-corrected chi connectivity index (χ0v) is 11.5. The van der Waals surface area contributed by atoms with E-state index in [2.05, 4.69) is 62.0 Å². The second-order valence-electron chi connectivity index (χ2n) is 4.29. The van der Waals surface area contributed by atoms with E-state index in [0.717, 1.165) is 11.3 Å². The molecule has 1 nitrogen and oxygen atoms in total. The molecular weight excluding hydrogens is 317 g/mol. The van der Waals surface area contributed by atoms with Gasteiger partial charge in [-0.25, -0.2) is 0 Å². The fourth-order valence-corrected chi connectivity index (χ4v) is 5.49. The molecule has 0 aromatic heterocycles. The van der Waals surface area contributed by atoms with Gasteiger partial charge in [0.25, 0.3) is 0 Å². The van der Waals surface area contributed by atoms with Gasteiger partial charge in [0, 0.05) is 10.1 Å². The molecule has 80 valence electrons. The van der Waals surface area contributed by atoms with Gasteiger partial charge in [-0.1, -0.05) is 25.0 Å². The highest BCUT2D eigenvalue weighted by Gasteiger charge is 2.35. The van der Waals surface area contributed by atoms with Crippen molar-refractivity contribution in [3.05, 3.63) is 24.3 Å². The number of halogens is 1. The zero-order chi connectivity index (χ0) is 10.3. The standard InChI is InChI=1S/C12H14INS/c13-14-9-5-1-3-7-11(9)15-12-8-4-2-6-10(12)14/h1,3,5,7,10,12H,2,4,6,8H2. The molecule has 3 rings (SSSR count). The SMILES string of the molecule is IN1c2ccccc2SC2CCCCC21. The average molecular weight is 331 g/mol. The summed E-state index contributed by atoms with van der Waals surface area (Å²) in [5.41, 5.74) is 1.42. The number of hydrogen-bond acceptors (Lipinski definition) is 2. The van der Waals surface area contributed by atoms with Crippen LogP contribution in [0.4, 0.5) is 5.69 Å². The van der Waals surface area contributed by atoms with Crippen molar-refractivity contribution in [2.75, 3.05) is 3.11 Å². The number of rotatable bonds is 0. The predicted molar refractivity (Wildman–Crippen MR) is 74.8 cm³/mol. The molecule has 0 saturated heterocycles. The van der Waals surface area contributed by atoms with Crippen LogP contribution in [0.2, 0.25) is 0 Å². The number of thioether (sulfide) groups is 1. The van der Waals surface area contributed by atoms with Gasteiger partial charge in [0.05, 0.1) is 34.6 Å². The normalized spacial score (nSPS) is 29.5. The third-order valence-corrected chi connectivity index (χ3v) is 6.02. The highest BCUT2D eigenvalue weighted by atomic mass is 127. The van der Waals surface area contributed by atoms with E-state index in [9.17, 15) is 0 Å². The predicted octanol–water partition coefficient (Wildman–Crippen LogP) is 4.26. The molecule has 1 aromatic rings. The fraction of sp³-hybridized carbons (Fsp3) is 0.500. The van der Waals surface area contributed by atoms with Gasteiger partial charge in [-0.15, -0.1) is 11.8 Å². The van der Waals surface area contributed by atoms with E-state index in [4.69, 9.17) is 0 Å². The molecule has 2 atom stereocenters. The van der Waals surface area contributed by atoms with Crippen LogP contribution in [-0.2, 0) is 0 Å². The Morgan fingerprint density at radius 3 is 2.93 bits per heavy atom. The molecule has 0 spiro atoms. The van der Waals surface area contributed by atoms with Crippen molar-refractivity contribution < 1.29 is 0 Å². The Morgan fingerprint density at radius 2 is 2.00 bits per heavy atom. The van der Waals surface area contributed by atoms with Crippen molar-refractivity contribution in [3.8, 4) is 0 Å². The second-order valence-corrected chi connectivity index (χ2v) is 6.61. The Bertz CT molecular complexity index is 368. The van der Waals surface area contributed by atoms with E-state index in [1.165, 1.54) is 36.3 Å². The number of benzene rings is 1. The van der Waals surface area contributed by atoms with Crippen molar-refractivity contribution in [3.63, 3.8) is 0 Å². The van der Waals surface area contributed by atoms with E-state index >= 15 is 0 Å². The minimum Gasteiger partial charge on any atom is -0.309 e. The number of nitrogens with zero attached hydrogens (tertiary/aromatic N) is 1. The Hall–Kier alpha value is 0.100. The molecule has 0 radical (unpaired) electrons. The number of anilines is 1.